The predicted molar refractivity (Wildman–Crippen MR) is 119 cm³/mol. The number of ether oxygens (including phenoxy) is 1. The summed E-state index contributed by atoms with van der Waals surface area (Å²) in [5, 5.41) is 1.77. The number of para-hydroxylation sites is 1. The van der Waals surface area contributed by atoms with Crippen molar-refractivity contribution < 1.29 is 14.4 Å². The van der Waals surface area contributed by atoms with Crippen LogP contribution in [0.1, 0.15) is 10.4 Å². The summed E-state index contributed by atoms with van der Waals surface area (Å²) in [5.74, 6) is 0.182. The number of carbonyl (C=O) groups is 1. The molecule has 8 heteroatoms. The SMILES string of the molecule is O=C(CSc1nc2ccccc2c(=O)n1CC[NH+]1CCOCC1)c1ccc(Cl)cc1. The fourth-order valence-corrected chi connectivity index (χ4v) is 4.53. The van der Waals surface area contributed by atoms with Crippen LogP contribution < -0.4 is 10.5 Å². The summed E-state index contributed by atoms with van der Waals surface area (Å²) in [6.07, 6.45) is 0. The second-order valence-electron chi connectivity index (χ2n) is 7.20. The molecule has 0 unspecified atom stereocenters. The summed E-state index contributed by atoms with van der Waals surface area (Å²) in [5.41, 5.74) is 1.19. The third-order valence-corrected chi connectivity index (χ3v) is 6.44. The standard InChI is InChI=1S/C22H22ClN3O3S/c23-17-7-5-16(6-8-17)20(27)15-30-22-24-19-4-2-1-3-18(19)21(28)26(22)10-9-25-11-13-29-14-12-25/h1-8H,9-15H2/p+1. The first-order valence-electron chi connectivity index (χ1n) is 9.94. The van der Waals surface area contributed by atoms with Crippen molar-refractivity contribution >= 4 is 40.0 Å². The third-order valence-electron chi connectivity index (χ3n) is 5.21. The topological polar surface area (TPSA) is 65.6 Å². The lowest BCUT2D eigenvalue weighted by Crippen LogP contribution is -3.14. The molecule has 2 heterocycles. The highest BCUT2D eigenvalue weighted by Gasteiger charge is 2.18. The Bertz CT molecular complexity index is 1090. The Labute approximate surface area is 183 Å². The van der Waals surface area contributed by atoms with E-state index in [-0.39, 0.29) is 17.1 Å². The quantitative estimate of drug-likeness (QED) is 0.343. The van der Waals surface area contributed by atoms with Crippen LogP contribution in [0.15, 0.2) is 58.5 Å². The van der Waals surface area contributed by atoms with Crippen molar-refractivity contribution in [3.63, 3.8) is 0 Å². The lowest BCUT2D eigenvalue weighted by atomic mass is 10.1. The summed E-state index contributed by atoms with van der Waals surface area (Å²) < 4.78 is 7.13. The van der Waals surface area contributed by atoms with Crippen LogP contribution in [0.2, 0.25) is 5.02 Å². The monoisotopic (exact) mass is 444 g/mol. The molecule has 3 aromatic rings. The zero-order chi connectivity index (χ0) is 20.9. The summed E-state index contributed by atoms with van der Waals surface area (Å²) in [6, 6.07) is 14.2. The zero-order valence-corrected chi connectivity index (χ0v) is 18.0. The first kappa shape index (κ1) is 21.1. The summed E-state index contributed by atoms with van der Waals surface area (Å²) in [4.78, 5) is 31.9. The molecule has 1 saturated heterocycles. The summed E-state index contributed by atoms with van der Waals surface area (Å²) in [6.45, 7) is 4.75. The van der Waals surface area contributed by atoms with Gasteiger partial charge in [-0.15, -0.1) is 0 Å². The Kier molecular flexibility index (Phi) is 6.84. The molecule has 1 N–H and O–H groups in total. The minimum Gasteiger partial charge on any atom is -0.370 e. The van der Waals surface area contributed by atoms with Gasteiger partial charge in [-0.1, -0.05) is 35.5 Å². The second-order valence-corrected chi connectivity index (χ2v) is 8.58. The molecule has 1 aliphatic heterocycles. The van der Waals surface area contributed by atoms with Crippen LogP contribution in [-0.2, 0) is 11.3 Å². The van der Waals surface area contributed by atoms with E-state index in [4.69, 9.17) is 21.3 Å². The van der Waals surface area contributed by atoms with Crippen LogP contribution in [0.3, 0.4) is 0 Å². The molecule has 1 aliphatic rings. The molecular formula is C22H23ClN3O3S+. The molecule has 0 aliphatic carbocycles. The normalized spacial score (nSPS) is 14.8. The van der Waals surface area contributed by atoms with E-state index in [1.54, 1.807) is 34.9 Å². The van der Waals surface area contributed by atoms with E-state index < -0.39 is 0 Å². The van der Waals surface area contributed by atoms with E-state index in [1.807, 2.05) is 18.2 Å². The Morgan fingerprint density at radius 3 is 2.63 bits per heavy atom. The van der Waals surface area contributed by atoms with Gasteiger partial charge < -0.3 is 9.64 Å². The number of nitrogens with one attached hydrogen (secondary N) is 1. The van der Waals surface area contributed by atoms with Gasteiger partial charge in [0, 0.05) is 10.6 Å². The maximum absolute atomic E-state index is 13.2. The van der Waals surface area contributed by atoms with Crippen LogP contribution in [0, 0.1) is 0 Å². The van der Waals surface area contributed by atoms with Crippen molar-refractivity contribution in [2.24, 2.45) is 0 Å². The first-order chi connectivity index (χ1) is 14.6. The molecule has 30 heavy (non-hydrogen) atoms. The Hall–Kier alpha value is -2.19. The molecule has 0 bridgehead atoms. The average molecular weight is 445 g/mol. The largest absolute Gasteiger partial charge is 0.370 e. The number of ketones is 1. The number of Topliss-reactive ketones (excluding diaryl/α,β-unsaturated/α-hetero) is 1. The van der Waals surface area contributed by atoms with Crippen molar-refractivity contribution in [2.45, 2.75) is 11.7 Å². The van der Waals surface area contributed by atoms with Crippen molar-refractivity contribution in [2.75, 3.05) is 38.6 Å². The number of rotatable bonds is 7. The van der Waals surface area contributed by atoms with Gasteiger partial charge in [0.25, 0.3) is 5.56 Å². The third kappa shape index (κ3) is 4.92. The van der Waals surface area contributed by atoms with E-state index in [0.29, 0.717) is 33.2 Å². The molecule has 4 rings (SSSR count). The minimum atomic E-state index is -0.0605. The molecular weight excluding hydrogens is 422 g/mol. The van der Waals surface area contributed by atoms with Crippen LogP contribution >= 0.6 is 23.4 Å². The maximum atomic E-state index is 13.2. The van der Waals surface area contributed by atoms with Crippen LogP contribution in [0.4, 0.5) is 0 Å². The van der Waals surface area contributed by atoms with Gasteiger partial charge in [-0.3, -0.25) is 14.2 Å². The lowest BCUT2D eigenvalue weighted by molar-refractivity contribution is -0.908. The van der Waals surface area contributed by atoms with Gasteiger partial charge in [0.05, 0.1) is 43.0 Å². The fraction of sp³-hybridized carbons (Fsp3) is 0.318. The molecule has 0 saturated carbocycles. The number of hydrogen-bond donors (Lipinski definition) is 1. The van der Waals surface area contributed by atoms with E-state index >= 15 is 0 Å². The number of morpholine rings is 1. The molecule has 0 radical (unpaired) electrons. The molecule has 1 aromatic heterocycles. The van der Waals surface area contributed by atoms with E-state index in [1.165, 1.54) is 16.7 Å². The Balaban J connectivity index is 1.57. The zero-order valence-electron chi connectivity index (χ0n) is 16.5. The van der Waals surface area contributed by atoms with E-state index in [9.17, 15) is 9.59 Å². The molecule has 156 valence electrons. The summed E-state index contributed by atoms with van der Waals surface area (Å²) in [7, 11) is 0. The van der Waals surface area contributed by atoms with Gasteiger partial charge in [-0.05, 0) is 36.4 Å². The predicted octanol–water partition coefficient (Wildman–Crippen LogP) is 1.94. The van der Waals surface area contributed by atoms with Crippen molar-refractivity contribution in [1.82, 2.24) is 9.55 Å². The number of quaternary nitrogens is 1. The Morgan fingerprint density at radius 2 is 1.87 bits per heavy atom. The van der Waals surface area contributed by atoms with Gasteiger partial charge in [-0.25, -0.2) is 4.98 Å². The van der Waals surface area contributed by atoms with Crippen LogP contribution in [-0.4, -0.2) is 53.9 Å². The number of benzene rings is 2. The Morgan fingerprint density at radius 1 is 1.13 bits per heavy atom. The number of hydrogen-bond acceptors (Lipinski definition) is 5. The number of carbonyl (C=O) groups excluding carboxylic acids is 1. The van der Waals surface area contributed by atoms with Crippen LogP contribution in [0.5, 0.6) is 0 Å². The smallest absolute Gasteiger partial charge is 0.262 e. The molecule has 0 amide bonds. The van der Waals surface area contributed by atoms with Crippen LogP contribution in [0.25, 0.3) is 10.9 Å². The van der Waals surface area contributed by atoms with E-state index in [2.05, 4.69) is 0 Å². The van der Waals surface area contributed by atoms with Gasteiger partial charge >= 0.3 is 0 Å². The molecule has 2 aromatic carbocycles. The van der Waals surface area contributed by atoms with Crippen molar-refractivity contribution in [3.8, 4) is 0 Å². The molecule has 0 spiro atoms. The van der Waals surface area contributed by atoms with E-state index in [0.717, 1.165) is 32.8 Å². The maximum Gasteiger partial charge on any atom is 0.262 e. The fourth-order valence-electron chi connectivity index (χ4n) is 3.48. The number of aromatic nitrogens is 2. The van der Waals surface area contributed by atoms with Crippen molar-refractivity contribution in [3.05, 3.63) is 69.5 Å². The van der Waals surface area contributed by atoms with Crippen molar-refractivity contribution in [1.29, 1.82) is 0 Å². The average Bonchev–Trinajstić information content (AvgIpc) is 2.78. The molecule has 0 atom stereocenters. The summed E-state index contributed by atoms with van der Waals surface area (Å²) >= 11 is 7.21. The molecule has 6 nitrogen and oxygen atoms in total. The number of fused-ring (bicyclic) bond motifs is 1. The highest BCUT2D eigenvalue weighted by atomic mass is 35.5. The number of halogens is 1. The van der Waals surface area contributed by atoms with Gasteiger partial charge in [-0.2, -0.15) is 0 Å². The highest BCUT2D eigenvalue weighted by molar-refractivity contribution is 7.99. The highest BCUT2D eigenvalue weighted by Crippen LogP contribution is 2.20. The van der Waals surface area contributed by atoms with Gasteiger partial charge in [0.2, 0.25) is 0 Å². The van der Waals surface area contributed by atoms with Gasteiger partial charge in [0.15, 0.2) is 10.9 Å². The number of thioether (sulfide) groups is 1. The second kappa shape index (κ2) is 9.75. The number of nitrogens with zero attached hydrogens (tertiary/aromatic N) is 2. The first-order valence-corrected chi connectivity index (χ1v) is 11.3. The minimum absolute atomic E-state index is 0.0237. The van der Waals surface area contributed by atoms with Gasteiger partial charge in [0.1, 0.15) is 13.1 Å². The lowest BCUT2D eigenvalue weighted by Gasteiger charge is -2.24. The molecule has 1 fully saturated rings.